The Labute approximate surface area is 101 Å². The number of benzene rings is 1. The van der Waals surface area contributed by atoms with Gasteiger partial charge in [-0.2, -0.15) is 0 Å². The fraction of sp³-hybridized carbons (Fsp3) is 0.538. The molecule has 1 aliphatic heterocycles. The second-order valence-electron chi connectivity index (χ2n) is 4.29. The van der Waals surface area contributed by atoms with Crippen LogP contribution in [-0.2, 0) is 4.74 Å². The first kappa shape index (κ1) is 12.5. The van der Waals surface area contributed by atoms with Crippen molar-refractivity contribution < 1.29 is 14.2 Å². The summed E-state index contributed by atoms with van der Waals surface area (Å²) in [5.41, 5.74) is 0.888. The predicted octanol–water partition coefficient (Wildman–Crippen LogP) is 1.58. The fourth-order valence-corrected chi connectivity index (χ4v) is 2.11. The van der Waals surface area contributed by atoms with E-state index in [0.29, 0.717) is 6.61 Å². The van der Waals surface area contributed by atoms with Gasteiger partial charge in [-0.25, -0.2) is 4.39 Å². The Kier molecular flexibility index (Phi) is 4.48. The Morgan fingerprint density at radius 1 is 1.47 bits per heavy atom. The number of hydrogen-bond acceptors (Lipinski definition) is 3. The molecule has 94 valence electrons. The molecule has 1 aromatic rings. The van der Waals surface area contributed by atoms with Crippen LogP contribution in [0, 0.1) is 5.82 Å². The van der Waals surface area contributed by atoms with Crippen LogP contribution >= 0.6 is 0 Å². The molecule has 2 rings (SSSR count). The molecule has 17 heavy (non-hydrogen) atoms. The van der Waals surface area contributed by atoms with E-state index in [1.54, 1.807) is 6.07 Å². The molecule has 4 heteroatoms. The summed E-state index contributed by atoms with van der Waals surface area (Å²) in [7, 11) is 0. The van der Waals surface area contributed by atoms with Crippen molar-refractivity contribution in [3.8, 4) is 0 Å². The van der Waals surface area contributed by atoms with Gasteiger partial charge in [-0.05, 0) is 24.1 Å². The second kappa shape index (κ2) is 6.10. The van der Waals surface area contributed by atoms with Crippen LogP contribution in [0.5, 0.6) is 0 Å². The number of nitrogens with zero attached hydrogens (tertiary/aromatic N) is 1. The van der Waals surface area contributed by atoms with E-state index in [4.69, 9.17) is 9.84 Å². The number of hydrogen-bond donors (Lipinski definition) is 1. The fourth-order valence-electron chi connectivity index (χ4n) is 2.11. The lowest BCUT2D eigenvalue weighted by molar-refractivity contribution is -0.0313. The first-order chi connectivity index (χ1) is 8.29. The molecular weight excluding hydrogens is 221 g/mol. The van der Waals surface area contributed by atoms with Gasteiger partial charge in [0, 0.05) is 26.2 Å². The maximum atomic E-state index is 13.1. The van der Waals surface area contributed by atoms with Crippen molar-refractivity contribution >= 4 is 0 Å². The average molecular weight is 239 g/mol. The summed E-state index contributed by atoms with van der Waals surface area (Å²) in [6.45, 7) is 3.38. The standard InChI is InChI=1S/C13H18FNO2/c14-12-4-1-3-11(9-12)13-10-15(5-2-7-16)6-8-17-13/h1,3-4,9,13,16H,2,5-8,10H2. The van der Waals surface area contributed by atoms with Crippen molar-refractivity contribution in [2.24, 2.45) is 0 Å². The van der Waals surface area contributed by atoms with Gasteiger partial charge in [-0.1, -0.05) is 12.1 Å². The smallest absolute Gasteiger partial charge is 0.123 e. The third-order valence-corrected chi connectivity index (χ3v) is 3.00. The van der Waals surface area contributed by atoms with E-state index >= 15 is 0 Å². The third kappa shape index (κ3) is 3.49. The van der Waals surface area contributed by atoms with Gasteiger partial charge in [0.1, 0.15) is 5.82 Å². The maximum Gasteiger partial charge on any atom is 0.123 e. The normalized spacial score (nSPS) is 21.6. The summed E-state index contributed by atoms with van der Waals surface area (Å²) < 4.78 is 18.8. The molecule has 0 bridgehead atoms. The van der Waals surface area contributed by atoms with Crippen molar-refractivity contribution in [3.05, 3.63) is 35.6 Å². The van der Waals surface area contributed by atoms with E-state index in [2.05, 4.69) is 4.90 Å². The lowest BCUT2D eigenvalue weighted by atomic mass is 10.1. The van der Waals surface area contributed by atoms with E-state index in [1.165, 1.54) is 12.1 Å². The molecule has 0 amide bonds. The average Bonchev–Trinajstić information content (AvgIpc) is 2.37. The molecule has 1 aromatic carbocycles. The van der Waals surface area contributed by atoms with Crippen LogP contribution in [0.15, 0.2) is 24.3 Å². The highest BCUT2D eigenvalue weighted by molar-refractivity contribution is 5.19. The molecular formula is C13H18FNO2. The molecule has 3 nitrogen and oxygen atoms in total. The summed E-state index contributed by atoms with van der Waals surface area (Å²) in [5.74, 6) is -0.224. The molecule has 1 N–H and O–H groups in total. The van der Waals surface area contributed by atoms with Gasteiger partial charge < -0.3 is 9.84 Å². The van der Waals surface area contributed by atoms with E-state index in [9.17, 15) is 4.39 Å². The third-order valence-electron chi connectivity index (χ3n) is 3.00. The van der Waals surface area contributed by atoms with Crippen molar-refractivity contribution in [2.45, 2.75) is 12.5 Å². The lowest BCUT2D eigenvalue weighted by Crippen LogP contribution is -2.39. The monoisotopic (exact) mass is 239 g/mol. The van der Waals surface area contributed by atoms with Gasteiger partial charge in [-0.15, -0.1) is 0 Å². The van der Waals surface area contributed by atoms with Crippen molar-refractivity contribution in [2.75, 3.05) is 32.8 Å². The molecule has 0 aliphatic carbocycles. The van der Waals surface area contributed by atoms with Crippen LogP contribution in [-0.4, -0.2) is 42.9 Å². The van der Waals surface area contributed by atoms with Gasteiger partial charge >= 0.3 is 0 Å². The maximum absolute atomic E-state index is 13.1. The summed E-state index contributed by atoms with van der Waals surface area (Å²) in [6, 6.07) is 6.57. The van der Waals surface area contributed by atoms with Crippen LogP contribution in [0.25, 0.3) is 0 Å². The highest BCUT2D eigenvalue weighted by Crippen LogP contribution is 2.22. The quantitative estimate of drug-likeness (QED) is 0.866. The Morgan fingerprint density at radius 2 is 2.35 bits per heavy atom. The van der Waals surface area contributed by atoms with Crippen molar-refractivity contribution in [1.29, 1.82) is 0 Å². The number of ether oxygens (including phenoxy) is 1. The SMILES string of the molecule is OCCCN1CCOC(c2cccc(F)c2)C1. The van der Waals surface area contributed by atoms with Crippen LogP contribution in [0.2, 0.25) is 0 Å². The van der Waals surface area contributed by atoms with Gasteiger partial charge in [0.15, 0.2) is 0 Å². The van der Waals surface area contributed by atoms with E-state index in [0.717, 1.165) is 31.6 Å². The molecule has 1 unspecified atom stereocenters. The number of morpholine rings is 1. The summed E-state index contributed by atoms with van der Waals surface area (Å²) in [6.07, 6.45) is 0.716. The Morgan fingerprint density at radius 3 is 3.12 bits per heavy atom. The molecule has 1 heterocycles. The molecule has 0 spiro atoms. The van der Waals surface area contributed by atoms with Crippen LogP contribution < -0.4 is 0 Å². The molecule has 0 aromatic heterocycles. The minimum absolute atomic E-state index is 0.0573. The van der Waals surface area contributed by atoms with Gasteiger partial charge in [0.05, 0.1) is 12.7 Å². The zero-order valence-corrected chi connectivity index (χ0v) is 9.81. The van der Waals surface area contributed by atoms with E-state index in [-0.39, 0.29) is 18.5 Å². The van der Waals surface area contributed by atoms with E-state index in [1.807, 2.05) is 6.07 Å². The van der Waals surface area contributed by atoms with Crippen molar-refractivity contribution in [1.82, 2.24) is 4.90 Å². The van der Waals surface area contributed by atoms with Gasteiger partial charge in [0.2, 0.25) is 0 Å². The first-order valence-corrected chi connectivity index (χ1v) is 6.00. The van der Waals surface area contributed by atoms with Crippen LogP contribution in [0.3, 0.4) is 0 Å². The molecule has 1 aliphatic rings. The number of aliphatic hydroxyl groups excluding tert-OH is 1. The van der Waals surface area contributed by atoms with Gasteiger partial charge in [-0.3, -0.25) is 4.90 Å². The number of rotatable bonds is 4. The van der Waals surface area contributed by atoms with Gasteiger partial charge in [0.25, 0.3) is 0 Å². The second-order valence-corrected chi connectivity index (χ2v) is 4.29. The Hall–Kier alpha value is -0.970. The predicted molar refractivity (Wildman–Crippen MR) is 63.2 cm³/mol. The molecule has 1 saturated heterocycles. The summed E-state index contributed by atoms with van der Waals surface area (Å²) >= 11 is 0. The lowest BCUT2D eigenvalue weighted by Gasteiger charge is -2.33. The summed E-state index contributed by atoms with van der Waals surface area (Å²) in [4.78, 5) is 2.25. The highest BCUT2D eigenvalue weighted by atomic mass is 19.1. The number of halogens is 1. The van der Waals surface area contributed by atoms with Crippen molar-refractivity contribution in [3.63, 3.8) is 0 Å². The minimum atomic E-state index is -0.224. The van der Waals surface area contributed by atoms with Crippen LogP contribution in [0.1, 0.15) is 18.1 Å². The minimum Gasteiger partial charge on any atom is -0.396 e. The zero-order chi connectivity index (χ0) is 12.1. The zero-order valence-electron chi connectivity index (χ0n) is 9.81. The number of aliphatic hydroxyl groups is 1. The first-order valence-electron chi connectivity index (χ1n) is 6.00. The Balaban J connectivity index is 1.97. The molecule has 1 fully saturated rings. The molecule has 0 radical (unpaired) electrons. The topological polar surface area (TPSA) is 32.7 Å². The molecule has 0 saturated carbocycles. The largest absolute Gasteiger partial charge is 0.396 e. The molecule has 1 atom stereocenters. The Bertz CT molecular complexity index is 359. The summed E-state index contributed by atoms with van der Waals surface area (Å²) in [5, 5.41) is 8.81. The van der Waals surface area contributed by atoms with E-state index < -0.39 is 0 Å². The van der Waals surface area contributed by atoms with Crippen LogP contribution in [0.4, 0.5) is 4.39 Å². The highest BCUT2D eigenvalue weighted by Gasteiger charge is 2.21.